The number of aromatic carboxylic acids is 1. The number of fused-ring (bicyclic) bond motifs is 3. The molecule has 2 aromatic heterocycles. The molecule has 3 heterocycles. The van der Waals surface area contributed by atoms with Gasteiger partial charge in [-0.15, -0.1) is 0 Å². The fourth-order valence-electron chi connectivity index (χ4n) is 4.07. The number of aromatic nitrogens is 4. The fraction of sp³-hybridized carbons (Fsp3) is 0.318. The summed E-state index contributed by atoms with van der Waals surface area (Å²) in [6, 6.07) is 6.74. The minimum Gasteiger partial charge on any atom is -0.495 e. The van der Waals surface area contributed by atoms with Crippen LogP contribution in [0.5, 0.6) is 5.75 Å². The van der Waals surface area contributed by atoms with Gasteiger partial charge in [0.05, 0.1) is 36.3 Å². The SMILES string of the molecule is CCC1c2c(C#N)ncn2-c2cnc(Nc3cc(C(=O)O)ccc3OC)nc2N1C(C)C. The van der Waals surface area contributed by atoms with Crippen LogP contribution in [0.25, 0.3) is 5.69 Å². The van der Waals surface area contributed by atoms with Crippen LogP contribution in [-0.4, -0.2) is 43.7 Å². The number of imidazole rings is 1. The summed E-state index contributed by atoms with van der Waals surface area (Å²) in [4.78, 5) is 27.0. The van der Waals surface area contributed by atoms with Crippen LogP contribution in [0.3, 0.4) is 0 Å². The zero-order valence-corrected chi connectivity index (χ0v) is 18.2. The van der Waals surface area contributed by atoms with Gasteiger partial charge < -0.3 is 20.1 Å². The molecule has 1 aliphatic rings. The number of methoxy groups -OCH3 is 1. The number of hydrogen-bond acceptors (Lipinski definition) is 8. The summed E-state index contributed by atoms with van der Waals surface area (Å²) in [6.45, 7) is 6.20. The summed E-state index contributed by atoms with van der Waals surface area (Å²) in [7, 11) is 1.51. The van der Waals surface area contributed by atoms with Gasteiger partial charge in [0.1, 0.15) is 23.8 Å². The number of anilines is 3. The number of carboxylic acids is 1. The molecule has 0 spiro atoms. The summed E-state index contributed by atoms with van der Waals surface area (Å²) in [6.07, 6.45) is 4.06. The van der Waals surface area contributed by atoms with Gasteiger partial charge in [-0.05, 0) is 38.5 Å². The lowest BCUT2D eigenvalue weighted by Gasteiger charge is -2.40. The molecule has 1 atom stereocenters. The second kappa shape index (κ2) is 8.19. The summed E-state index contributed by atoms with van der Waals surface area (Å²) in [5.74, 6) is 0.431. The molecule has 0 saturated carbocycles. The largest absolute Gasteiger partial charge is 0.495 e. The van der Waals surface area contributed by atoms with Crippen LogP contribution in [0.15, 0.2) is 30.7 Å². The van der Waals surface area contributed by atoms with Gasteiger partial charge in [-0.25, -0.2) is 14.8 Å². The number of nitriles is 1. The number of nitrogens with one attached hydrogen (secondary N) is 1. The lowest BCUT2D eigenvalue weighted by atomic mass is 10.0. The average Bonchev–Trinajstić information content (AvgIpc) is 3.21. The molecule has 0 bridgehead atoms. The van der Waals surface area contributed by atoms with Crippen molar-refractivity contribution >= 4 is 23.4 Å². The summed E-state index contributed by atoms with van der Waals surface area (Å²) in [5.41, 5.74) is 2.51. The molecule has 10 nitrogen and oxygen atoms in total. The van der Waals surface area contributed by atoms with E-state index < -0.39 is 5.97 Å². The van der Waals surface area contributed by atoms with E-state index in [4.69, 9.17) is 9.72 Å². The molecule has 10 heteroatoms. The summed E-state index contributed by atoms with van der Waals surface area (Å²) in [5, 5.41) is 22.0. The molecule has 2 N–H and O–H groups in total. The van der Waals surface area contributed by atoms with E-state index in [0.29, 0.717) is 28.9 Å². The van der Waals surface area contributed by atoms with Crippen molar-refractivity contribution in [2.24, 2.45) is 0 Å². The Morgan fingerprint density at radius 2 is 2.16 bits per heavy atom. The Hall–Kier alpha value is -4.13. The maximum Gasteiger partial charge on any atom is 0.335 e. The lowest BCUT2D eigenvalue weighted by Crippen LogP contribution is -2.40. The zero-order valence-electron chi connectivity index (χ0n) is 18.2. The Morgan fingerprint density at radius 3 is 2.78 bits per heavy atom. The van der Waals surface area contributed by atoms with E-state index in [1.54, 1.807) is 18.6 Å². The van der Waals surface area contributed by atoms with Crippen molar-refractivity contribution < 1.29 is 14.6 Å². The first-order valence-electron chi connectivity index (χ1n) is 10.2. The lowest BCUT2D eigenvalue weighted by molar-refractivity contribution is 0.0697. The number of hydrogen-bond donors (Lipinski definition) is 2. The normalized spacial score (nSPS) is 14.5. The Labute approximate surface area is 185 Å². The number of carbonyl (C=O) groups is 1. The van der Waals surface area contributed by atoms with E-state index in [1.807, 2.05) is 4.57 Å². The summed E-state index contributed by atoms with van der Waals surface area (Å²) >= 11 is 0. The van der Waals surface area contributed by atoms with Crippen LogP contribution in [0, 0.1) is 11.3 Å². The first kappa shape index (κ1) is 21.1. The molecular weight excluding hydrogens is 410 g/mol. The van der Waals surface area contributed by atoms with Crippen LogP contribution in [0.1, 0.15) is 55.0 Å². The van der Waals surface area contributed by atoms with Crippen LogP contribution in [-0.2, 0) is 0 Å². The summed E-state index contributed by atoms with van der Waals surface area (Å²) < 4.78 is 7.23. The zero-order chi connectivity index (χ0) is 23.0. The number of ether oxygens (including phenoxy) is 1. The molecule has 0 saturated heterocycles. The van der Waals surface area contributed by atoms with Crippen molar-refractivity contribution in [3.8, 4) is 17.5 Å². The van der Waals surface area contributed by atoms with E-state index >= 15 is 0 Å². The standard InChI is InChI=1S/C22H23N7O3/c1-5-16-19-15(9-23)25-11-28(19)17-10-24-22(27-20(17)29(16)12(2)3)26-14-8-13(21(30)31)6-7-18(14)32-4/h6-8,10-12,16H,5H2,1-4H3,(H,30,31)(H,24,26,27). The van der Waals surface area contributed by atoms with Gasteiger partial charge in [-0.3, -0.25) is 4.57 Å². The third kappa shape index (κ3) is 3.37. The number of nitrogens with zero attached hydrogens (tertiary/aromatic N) is 6. The second-order valence-corrected chi connectivity index (χ2v) is 7.63. The topological polar surface area (TPSA) is 129 Å². The van der Waals surface area contributed by atoms with E-state index in [1.165, 1.54) is 19.2 Å². The van der Waals surface area contributed by atoms with E-state index in [9.17, 15) is 15.2 Å². The van der Waals surface area contributed by atoms with Gasteiger partial charge >= 0.3 is 5.97 Å². The Morgan fingerprint density at radius 1 is 1.38 bits per heavy atom. The predicted molar refractivity (Wildman–Crippen MR) is 118 cm³/mol. The molecule has 1 unspecified atom stereocenters. The average molecular weight is 433 g/mol. The molecule has 4 rings (SSSR count). The maximum atomic E-state index is 11.4. The highest BCUT2D eigenvalue weighted by atomic mass is 16.5. The van der Waals surface area contributed by atoms with Crippen molar-refractivity contribution in [2.45, 2.75) is 39.3 Å². The van der Waals surface area contributed by atoms with Crippen molar-refractivity contribution in [3.63, 3.8) is 0 Å². The fourth-order valence-corrected chi connectivity index (χ4v) is 4.07. The second-order valence-electron chi connectivity index (χ2n) is 7.63. The molecule has 0 aliphatic carbocycles. The molecule has 0 fully saturated rings. The number of rotatable bonds is 6. The third-order valence-corrected chi connectivity index (χ3v) is 5.45. The molecular formula is C22H23N7O3. The number of benzene rings is 1. The van der Waals surface area contributed by atoms with Gasteiger partial charge in [0.25, 0.3) is 0 Å². The van der Waals surface area contributed by atoms with Gasteiger partial charge in [-0.2, -0.15) is 10.2 Å². The highest BCUT2D eigenvalue weighted by Gasteiger charge is 2.36. The van der Waals surface area contributed by atoms with Crippen LogP contribution in [0.4, 0.5) is 17.5 Å². The van der Waals surface area contributed by atoms with Gasteiger partial charge in [0.2, 0.25) is 5.95 Å². The first-order chi connectivity index (χ1) is 15.4. The monoisotopic (exact) mass is 433 g/mol. The maximum absolute atomic E-state index is 11.4. The molecule has 1 aromatic carbocycles. The Balaban J connectivity index is 1.83. The van der Waals surface area contributed by atoms with Crippen molar-refractivity contribution in [1.82, 2.24) is 19.5 Å². The highest BCUT2D eigenvalue weighted by Crippen LogP contribution is 2.41. The van der Waals surface area contributed by atoms with Gasteiger partial charge in [-0.1, -0.05) is 6.92 Å². The molecule has 1 aliphatic heterocycles. The van der Waals surface area contributed by atoms with Crippen LogP contribution in [0.2, 0.25) is 0 Å². The number of carboxylic acid groups (broad SMARTS) is 1. The smallest absolute Gasteiger partial charge is 0.335 e. The Kier molecular flexibility index (Phi) is 5.40. The van der Waals surface area contributed by atoms with E-state index in [-0.39, 0.29) is 17.6 Å². The third-order valence-electron chi connectivity index (χ3n) is 5.45. The van der Waals surface area contributed by atoms with Crippen LogP contribution < -0.4 is 15.0 Å². The van der Waals surface area contributed by atoms with Gasteiger partial charge in [0.15, 0.2) is 11.5 Å². The van der Waals surface area contributed by atoms with Crippen molar-refractivity contribution in [3.05, 3.63) is 47.7 Å². The van der Waals surface area contributed by atoms with Crippen LogP contribution >= 0.6 is 0 Å². The van der Waals surface area contributed by atoms with Gasteiger partial charge in [0, 0.05) is 6.04 Å². The molecule has 32 heavy (non-hydrogen) atoms. The Bertz CT molecular complexity index is 1230. The highest BCUT2D eigenvalue weighted by molar-refractivity contribution is 5.90. The predicted octanol–water partition coefficient (Wildman–Crippen LogP) is 3.66. The van der Waals surface area contributed by atoms with E-state index in [2.05, 4.69) is 47.0 Å². The molecule has 0 radical (unpaired) electrons. The van der Waals surface area contributed by atoms with Crippen molar-refractivity contribution in [1.29, 1.82) is 5.26 Å². The minimum absolute atomic E-state index is 0.0766. The minimum atomic E-state index is -1.04. The first-order valence-corrected chi connectivity index (χ1v) is 10.2. The quantitative estimate of drug-likeness (QED) is 0.598. The molecule has 164 valence electrons. The molecule has 3 aromatic rings. The van der Waals surface area contributed by atoms with E-state index in [0.717, 1.165) is 17.8 Å². The van der Waals surface area contributed by atoms with Crippen molar-refractivity contribution in [2.75, 3.05) is 17.3 Å². The molecule has 0 amide bonds.